The van der Waals surface area contributed by atoms with Crippen molar-refractivity contribution >= 4 is 17.7 Å². The van der Waals surface area contributed by atoms with E-state index in [9.17, 15) is 4.79 Å². The van der Waals surface area contributed by atoms with E-state index in [2.05, 4.69) is 61.4 Å². The summed E-state index contributed by atoms with van der Waals surface area (Å²) in [5.74, 6) is 1.59. The second kappa shape index (κ2) is 7.83. The van der Waals surface area contributed by atoms with Crippen LogP contribution in [0.15, 0.2) is 23.4 Å². The van der Waals surface area contributed by atoms with Gasteiger partial charge in [-0.25, -0.2) is 0 Å². The molecular weight excluding hydrogens is 320 g/mol. The van der Waals surface area contributed by atoms with Gasteiger partial charge in [0.25, 0.3) is 0 Å². The highest BCUT2D eigenvalue weighted by Crippen LogP contribution is 2.24. The van der Waals surface area contributed by atoms with Gasteiger partial charge in [0, 0.05) is 6.04 Å². The maximum atomic E-state index is 12.1. The molecule has 0 aliphatic heterocycles. The standard InChI is InChI=1S/C18H26N4OS/c1-11(2)14(5)19-17(23)10-24-18-21-20-15(6)22(18)16-9-12(3)7-8-13(16)4/h7-9,11,14H,10H2,1-6H3,(H,19,23). The lowest BCUT2D eigenvalue weighted by Gasteiger charge is -2.17. The molecule has 0 radical (unpaired) electrons. The summed E-state index contributed by atoms with van der Waals surface area (Å²) >= 11 is 1.42. The Balaban J connectivity index is 2.16. The summed E-state index contributed by atoms with van der Waals surface area (Å²) in [7, 11) is 0. The Morgan fingerprint density at radius 2 is 1.92 bits per heavy atom. The van der Waals surface area contributed by atoms with Gasteiger partial charge in [0.2, 0.25) is 5.91 Å². The number of carbonyl (C=O) groups is 1. The Hall–Kier alpha value is -1.82. The molecule has 1 aromatic carbocycles. The highest BCUT2D eigenvalue weighted by molar-refractivity contribution is 7.99. The number of aromatic nitrogens is 3. The quantitative estimate of drug-likeness (QED) is 0.814. The minimum absolute atomic E-state index is 0.0226. The van der Waals surface area contributed by atoms with Gasteiger partial charge in [0.15, 0.2) is 5.16 Å². The first-order chi connectivity index (χ1) is 11.3. The molecule has 1 aromatic heterocycles. The fourth-order valence-corrected chi connectivity index (χ4v) is 3.07. The maximum Gasteiger partial charge on any atom is 0.230 e. The van der Waals surface area contributed by atoms with Crippen LogP contribution in [0.5, 0.6) is 0 Å². The van der Waals surface area contributed by atoms with E-state index in [1.165, 1.54) is 17.3 Å². The minimum atomic E-state index is 0.0226. The summed E-state index contributed by atoms with van der Waals surface area (Å²) in [5, 5.41) is 12.2. The molecule has 0 aliphatic rings. The molecule has 130 valence electrons. The van der Waals surface area contributed by atoms with Crippen LogP contribution < -0.4 is 5.32 Å². The Kier molecular flexibility index (Phi) is 6.04. The summed E-state index contributed by atoms with van der Waals surface area (Å²) in [6.07, 6.45) is 0. The van der Waals surface area contributed by atoms with Crippen molar-refractivity contribution in [1.29, 1.82) is 0 Å². The normalized spacial score (nSPS) is 12.5. The predicted molar refractivity (Wildman–Crippen MR) is 98.7 cm³/mol. The number of hydrogen-bond donors (Lipinski definition) is 1. The first kappa shape index (κ1) is 18.5. The lowest BCUT2D eigenvalue weighted by Crippen LogP contribution is -2.37. The van der Waals surface area contributed by atoms with Gasteiger partial charge >= 0.3 is 0 Å². The zero-order valence-electron chi connectivity index (χ0n) is 15.3. The van der Waals surface area contributed by atoms with E-state index in [1.807, 2.05) is 18.4 Å². The van der Waals surface area contributed by atoms with Crippen molar-refractivity contribution in [3.8, 4) is 5.69 Å². The summed E-state index contributed by atoms with van der Waals surface area (Å²) in [6, 6.07) is 6.47. The van der Waals surface area contributed by atoms with Crippen molar-refractivity contribution in [3.63, 3.8) is 0 Å². The molecule has 1 amide bonds. The average Bonchev–Trinajstić information content (AvgIpc) is 2.88. The molecule has 2 aromatic rings. The summed E-state index contributed by atoms with van der Waals surface area (Å²) in [5.41, 5.74) is 3.40. The van der Waals surface area contributed by atoms with E-state index >= 15 is 0 Å². The van der Waals surface area contributed by atoms with Crippen LogP contribution in [0.25, 0.3) is 5.69 Å². The van der Waals surface area contributed by atoms with Crippen LogP contribution in [-0.2, 0) is 4.79 Å². The maximum absolute atomic E-state index is 12.1. The lowest BCUT2D eigenvalue weighted by atomic mass is 10.1. The molecule has 5 nitrogen and oxygen atoms in total. The molecule has 1 N–H and O–H groups in total. The zero-order chi connectivity index (χ0) is 17.9. The van der Waals surface area contributed by atoms with Crippen LogP contribution in [0.2, 0.25) is 0 Å². The van der Waals surface area contributed by atoms with Crippen molar-refractivity contribution in [2.45, 2.75) is 52.7 Å². The number of nitrogens with one attached hydrogen (secondary N) is 1. The van der Waals surface area contributed by atoms with Crippen LogP contribution in [0.1, 0.15) is 37.7 Å². The highest BCUT2D eigenvalue weighted by Gasteiger charge is 2.16. The highest BCUT2D eigenvalue weighted by atomic mass is 32.2. The first-order valence-corrected chi connectivity index (χ1v) is 9.20. The molecule has 1 heterocycles. The monoisotopic (exact) mass is 346 g/mol. The van der Waals surface area contributed by atoms with Gasteiger partial charge < -0.3 is 5.32 Å². The first-order valence-electron chi connectivity index (χ1n) is 8.21. The Bertz CT molecular complexity index is 724. The van der Waals surface area contributed by atoms with E-state index in [0.717, 1.165) is 22.2 Å². The molecule has 24 heavy (non-hydrogen) atoms. The lowest BCUT2D eigenvalue weighted by molar-refractivity contribution is -0.119. The second-order valence-electron chi connectivity index (χ2n) is 6.54. The molecular formula is C18H26N4OS. The van der Waals surface area contributed by atoms with Gasteiger partial charge in [-0.15, -0.1) is 10.2 Å². The minimum Gasteiger partial charge on any atom is -0.353 e. The number of nitrogens with zero attached hydrogens (tertiary/aromatic N) is 3. The van der Waals surface area contributed by atoms with E-state index in [0.29, 0.717) is 11.7 Å². The van der Waals surface area contributed by atoms with E-state index in [1.54, 1.807) is 0 Å². The van der Waals surface area contributed by atoms with E-state index in [-0.39, 0.29) is 11.9 Å². The van der Waals surface area contributed by atoms with Gasteiger partial charge in [-0.05, 0) is 50.8 Å². The number of rotatable bonds is 6. The third kappa shape index (κ3) is 4.38. The van der Waals surface area contributed by atoms with Crippen molar-refractivity contribution in [3.05, 3.63) is 35.2 Å². The van der Waals surface area contributed by atoms with Crippen LogP contribution in [-0.4, -0.2) is 32.5 Å². The Morgan fingerprint density at radius 3 is 2.58 bits per heavy atom. The van der Waals surface area contributed by atoms with Gasteiger partial charge in [-0.2, -0.15) is 0 Å². The molecule has 6 heteroatoms. The SMILES string of the molecule is Cc1ccc(C)c(-n2c(C)nnc2SCC(=O)NC(C)C(C)C)c1. The van der Waals surface area contributed by atoms with Crippen LogP contribution in [0, 0.1) is 26.7 Å². The topological polar surface area (TPSA) is 59.8 Å². The molecule has 1 atom stereocenters. The van der Waals surface area contributed by atoms with Crippen LogP contribution >= 0.6 is 11.8 Å². The van der Waals surface area contributed by atoms with E-state index < -0.39 is 0 Å². The average molecular weight is 347 g/mol. The number of amides is 1. The van der Waals surface area contributed by atoms with Gasteiger partial charge in [-0.1, -0.05) is 37.7 Å². The number of carbonyl (C=O) groups excluding carboxylic acids is 1. The van der Waals surface area contributed by atoms with Crippen molar-refractivity contribution in [2.75, 3.05) is 5.75 Å². The third-order valence-electron chi connectivity index (χ3n) is 4.12. The van der Waals surface area contributed by atoms with Crippen molar-refractivity contribution in [1.82, 2.24) is 20.1 Å². The molecule has 0 spiro atoms. The largest absolute Gasteiger partial charge is 0.353 e. The fraction of sp³-hybridized carbons (Fsp3) is 0.500. The summed E-state index contributed by atoms with van der Waals surface area (Å²) < 4.78 is 2.02. The fourth-order valence-electron chi connectivity index (χ4n) is 2.27. The van der Waals surface area contributed by atoms with Crippen molar-refractivity contribution < 1.29 is 4.79 Å². The van der Waals surface area contributed by atoms with E-state index in [4.69, 9.17) is 0 Å². The predicted octanol–water partition coefficient (Wildman–Crippen LogP) is 3.45. The van der Waals surface area contributed by atoms with Gasteiger partial charge in [0.1, 0.15) is 5.82 Å². The number of hydrogen-bond acceptors (Lipinski definition) is 4. The smallest absolute Gasteiger partial charge is 0.230 e. The molecule has 1 unspecified atom stereocenters. The number of benzene rings is 1. The Labute approximate surface area is 148 Å². The van der Waals surface area contributed by atoms with Crippen LogP contribution in [0.3, 0.4) is 0 Å². The third-order valence-corrected chi connectivity index (χ3v) is 5.05. The second-order valence-corrected chi connectivity index (χ2v) is 7.49. The molecule has 0 saturated carbocycles. The van der Waals surface area contributed by atoms with Crippen molar-refractivity contribution in [2.24, 2.45) is 5.92 Å². The molecule has 0 saturated heterocycles. The van der Waals surface area contributed by atoms with Gasteiger partial charge in [-0.3, -0.25) is 9.36 Å². The summed E-state index contributed by atoms with van der Waals surface area (Å²) in [6.45, 7) is 12.3. The summed E-state index contributed by atoms with van der Waals surface area (Å²) in [4.78, 5) is 12.1. The van der Waals surface area contributed by atoms with Crippen LogP contribution in [0.4, 0.5) is 0 Å². The molecule has 0 aliphatic carbocycles. The number of aryl methyl sites for hydroxylation is 3. The molecule has 0 bridgehead atoms. The molecule has 2 rings (SSSR count). The number of thioether (sulfide) groups is 1. The van der Waals surface area contributed by atoms with Gasteiger partial charge in [0.05, 0.1) is 11.4 Å². The molecule has 0 fully saturated rings. The zero-order valence-corrected chi connectivity index (χ0v) is 16.1. The Morgan fingerprint density at radius 1 is 1.21 bits per heavy atom.